The van der Waals surface area contributed by atoms with Gasteiger partial charge < -0.3 is 10.5 Å². The molecule has 0 atom stereocenters. The molecule has 0 amide bonds. The van der Waals surface area contributed by atoms with Crippen molar-refractivity contribution in [2.24, 2.45) is 5.73 Å². The van der Waals surface area contributed by atoms with E-state index in [0.29, 0.717) is 6.10 Å². The van der Waals surface area contributed by atoms with Crippen molar-refractivity contribution in [3.63, 3.8) is 0 Å². The first kappa shape index (κ1) is 10.6. The van der Waals surface area contributed by atoms with Crippen molar-refractivity contribution in [1.82, 2.24) is 0 Å². The Bertz CT molecular complexity index is 410. The molecule has 2 N–H and O–H groups in total. The molecule has 0 spiro atoms. The van der Waals surface area contributed by atoms with Crippen LogP contribution in [0.4, 0.5) is 0 Å². The first-order valence-corrected chi connectivity index (χ1v) is 6.68. The number of benzene rings is 1. The Morgan fingerprint density at radius 2 is 2.12 bits per heavy atom. The minimum absolute atomic E-state index is 0.0817. The topological polar surface area (TPSA) is 35.2 Å². The third-order valence-electron chi connectivity index (χ3n) is 3.26. The molecule has 2 saturated carbocycles. The molecule has 0 radical (unpaired) electrons. The summed E-state index contributed by atoms with van der Waals surface area (Å²) in [6, 6.07) is 6.34. The molecule has 0 aromatic heterocycles. The smallest absolute Gasteiger partial charge is 0.133 e. The number of rotatable bonds is 4. The first-order chi connectivity index (χ1) is 7.65. The number of nitrogens with two attached hydrogens (primary N) is 1. The molecule has 0 saturated heterocycles. The van der Waals surface area contributed by atoms with Crippen molar-refractivity contribution in [2.45, 2.75) is 43.7 Å². The average Bonchev–Trinajstić information content (AvgIpc) is 3.11. The third kappa shape index (κ3) is 2.41. The summed E-state index contributed by atoms with van der Waals surface area (Å²) in [4.78, 5) is 0. The third-order valence-corrected chi connectivity index (χ3v) is 3.88. The van der Waals surface area contributed by atoms with Crippen LogP contribution in [0.1, 0.15) is 31.2 Å². The lowest BCUT2D eigenvalue weighted by molar-refractivity contribution is 0.301. The van der Waals surface area contributed by atoms with Crippen molar-refractivity contribution in [1.29, 1.82) is 0 Å². The quantitative estimate of drug-likeness (QED) is 0.921. The lowest BCUT2D eigenvalue weighted by Gasteiger charge is -2.11. The molecule has 0 heterocycles. The predicted octanol–water partition coefficient (Wildman–Crippen LogP) is 3.02. The van der Waals surface area contributed by atoms with Gasteiger partial charge in [0, 0.05) is 5.54 Å². The molecular formula is C13H16BrNO. The van der Waals surface area contributed by atoms with Crippen molar-refractivity contribution < 1.29 is 4.74 Å². The summed E-state index contributed by atoms with van der Waals surface area (Å²) in [5.41, 5.74) is 7.49. The summed E-state index contributed by atoms with van der Waals surface area (Å²) in [6.45, 7) is 0. The van der Waals surface area contributed by atoms with E-state index in [-0.39, 0.29) is 5.54 Å². The fourth-order valence-electron chi connectivity index (χ4n) is 1.86. The zero-order valence-corrected chi connectivity index (χ0v) is 10.8. The first-order valence-electron chi connectivity index (χ1n) is 5.89. The molecule has 1 aromatic rings. The van der Waals surface area contributed by atoms with Crippen LogP contribution in [0.2, 0.25) is 0 Å². The van der Waals surface area contributed by atoms with Crippen molar-refractivity contribution in [3.05, 3.63) is 28.2 Å². The fraction of sp³-hybridized carbons (Fsp3) is 0.538. The van der Waals surface area contributed by atoms with Crippen molar-refractivity contribution in [2.75, 3.05) is 0 Å². The summed E-state index contributed by atoms with van der Waals surface area (Å²) in [7, 11) is 0. The van der Waals surface area contributed by atoms with Crippen LogP contribution >= 0.6 is 15.9 Å². The molecule has 16 heavy (non-hydrogen) atoms. The van der Waals surface area contributed by atoms with E-state index >= 15 is 0 Å². The molecular weight excluding hydrogens is 266 g/mol. The van der Waals surface area contributed by atoms with Crippen LogP contribution in [0, 0.1) is 0 Å². The largest absolute Gasteiger partial charge is 0.489 e. The number of hydrogen-bond donors (Lipinski definition) is 1. The van der Waals surface area contributed by atoms with Crippen LogP contribution in [-0.2, 0) is 6.42 Å². The highest BCUT2D eigenvalue weighted by Crippen LogP contribution is 2.38. The Morgan fingerprint density at radius 3 is 2.69 bits per heavy atom. The lowest BCUT2D eigenvalue weighted by atomic mass is 10.1. The molecule has 2 aliphatic carbocycles. The van der Waals surface area contributed by atoms with Gasteiger partial charge in [0.15, 0.2) is 0 Å². The van der Waals surface area contributed by atoms with Gasteiger partial charge >= 0.3 is 0 Å². The normalized spacial score (nSPS) is 21.9. The molecule has 0 unspecified atom stereocenters. The maximum Gasteiger partial charge on any atom is 0.133 e. The molecule has 1 aromatic carbocycles. The Labute approximate surface area is 104 Å². The van der Waals surface area contributed by atoms with Gasteiger partial charge in [-0.3, -0.25) is 0 Å². The van der Waals surface area contributed by atoms with Crippen LogP contribution in [0.3, 0.4) is 0 Å². The molecule has 2 fully saturated rings. The summed E-state index contributed by atoms with van der Waals surface area (Å²) < 4.78 is 6.84. The van der Waals surface area contributed by atoms with E-state index in [0.717, 1.165) is 29.5 Å². The SMILES string of the molecule is NC1(Cc2ccc(OC3CC3)c(Br)c2)CC1. The van der Waals surface area contributed by atoms with Gasteiger partial charge in [0.25, 0.3) is 0 Å². The maximum absolute atomic E-state index is 6.11. The highest BCUT2D eigenvalue weighted by Gasteiger charge is 2.38. The van der Waals surface area contributed by atoms with E-state index in [1.807, 2.05) is 0 Å². The molecule has 2 aliphatic rings. The molecule has 3 rings (SSSR count). The Balaban J connectivity index is 1.73. The van der Waals surface area contributed by atoms with Gasteiger partial charge in [0.1, 0.15) is 5.75 Å². The zero-order valence-electron chi connectivity index (χ0n) is 9.21. The van der Waals surface area contributed by atoms with Crippen LogP contribution in [-0.4, -0.2) is 11.6 Å². The van der Waals surface area contributed by atoms with Gasteiger partial charge in [0.05, 0.1) is 10.6 Å². The summed E-state index contributed by atoms with van der Waals surface area (Å²) in [6.07, 6.45) is 6.14. The van der Waals surface area contributed by atoms with Gasteiger partial charge in [-0.15, -0.1) is 0 Å². The Kier molecular flexibility index (Phi) is 2.48. The van der Waals surface area contributed by atoms with Gasteiger partial charge in [-0.2, -0.15) is 0 Å². The monoisotopic (exact) mass is 281 g/mol. The van der Waals surface area contributed by atoms with Crippen LogP contribution < -0.4 is 10.5 Å². The fourth-order valence-corrected chi connectivity index (χ4v) is 2.38. The lowest BCUT2D eigenvalue weighted by Crippen LogP contribution is -2.24. The molecule has 0 bridgehead atoms. The second kappa shape index (κ2) is 3.74. The van der Waals surface area contributed by atoms with E-state index < -0.39 is 0 Å². The molecule has 3 heteroatoms. The second-order valence-electron chi connectivity index (χ2n) is 5.12. The Morgan fingerprint density at radius 1 is 1.38 bits per heavy atom. The minimum Gasteiger partial charge on any atom is -0.489 e. The van der Waals surface area contributed by atoms with Crippen LogP contribution in [0.5, 0.6) is 5.75 Å². The van der Waals surface area contributed by atoms with Gasteiger partial charge in [-0.25, -0.2) is 0 Å². The standard InChI is InChI=1S/C13H16BrNO/c14-11-7-9(8-13(15)5-6-13)1-4-12(11)16-10-2-3-10/h1,4,7,10H,2-3,5-6,8,15H2. The van der Waals surface area contributed by atoms with E-state index in [9.17, 15) is 0 Å². The molecule has 0 aliphatic heterocycles. The van der Waals surface area contributed by atoms with Crippen molar-refractivity contribution in [3.8, 4) is 5.75 Å². The Hall–Kier alpha value is -0.540. The predicted molar refractivity (Wildman–Crippen MR) is 67.6 cm³/mol. The zero-order chi connectivity index (χ0) is 11.2. The molecule has 86 valence electrons. The van der Waals surface area contributed by atoms with Gasteiger partial charge in [0.2, 0.25) is 0 Å². The van der Waals surface area contributed by atoms with Crippen LogP contribution in [0.25, 0.3) is 0 Å². The number of halogens is 1. The summed E-state index contributed by atoms with van der Waals surface area (Å²) >= 11 is 3.57. The summed E-state index contributed by atoms with van der Waals surface area (Å²) in [5, 5.41) is 0. The highest BCUT2D eigenvalue weighted by molar-refractivity contribution is 9.10. The van der Waals surface area contributed by atoms with Crippen LogP contribution in [0.15, 0.2) is 22.7 Å². The molecule has 2 nitrogen and oxygen atoms in total. The van der Waals surface area contributed by atoms with E-state index in [2.05, 4.69) is 34.1 Å². The van der Waals surface area contributed by atoms with E-state index in [1.165, 1.54) is 18.4 Å². The second-order valence-corrected chi connectivity index (χ2v) is 5.98. The van der Waals surface area contributed by atoms with Gasteiger partial charge in [-0.1, -0.05) is 6.07 Å². The minimum atomic E-state index is 0.0817. The van der Waals surface area contributed by atoms with E-state index in [4.69, 9.17) is 10.5 Å². The van der Waals surface area contributed by atoms with Crippen molar-refractivity contribution >= 4 is 15.9 Å². The number of ether oxygens (including phenoxy) is 1. The highest BCUT2D eigenvalue weighted by atomic mass is 79.9. The average molecular weight is 282 g/mol. The van der Waals surface area contributed by atoms with Gasteiger partial charge in [-0.05, 0) is 65.7 Å². The van der Waals surface area contributed by atoms with E-state index in [1.54, 1.807) is 0 Å². The summed E-state index contributed by atoms with van der Waals surface area (Å²) in [5.74, 6) is 0.966. The maximum atomic E-state index is 6.11. The number of hydrogen-bond acceptors (Lipinski definition) is 2.